The molecule has 0 aliphatic rings. The standard InChI is InChI=1S/C29H40N.C28H38N.2C27H36N.C26H34N/c1-10-22-15-23(11-2)21(8)27(16-22)29-26-13-12-24(28(18(3)4)19(5)6)17-25(26)14-20(7)30(29)9;1-17(2)22-11-10-20(7)26(16-22)28-25-13-12-23(27(18(3)4)19(5)6)15-24(25)14-21(8)29(28)9;1-16(2)26(17(3)4)22-10-11-24-23(15-22)14-20(7)28(9)27(24)25-13-18(5)12-19(6)21(25)8;1-9-21-11-10-19(6)25(15-21)27-24-13-12-22(26(17(2)3)18(4)5)16-23(24)14-20(7)28(27)8;1-16(2)25(17(3)4)21-11-12-23-22(15-21)14-20(7)27(8)26(23)24-13-18(5)9-10-19(24)6/h12-19,28H,10-11H2,1-9H3;10-19,27H,1-9H3;10-17,26H,1-9H3;10-18,26H,9H2,1-8H3;9-17,25H,1-8H3/q5*+1. The molecule has 15 aromatic rings. The third-order valence-corrected chi connectivity index (χ3v) is 32.4. The first-order chi connectivity index (χ1) is 66.9. The van der Waals surface area contributed by atoms with Crippen LogP contribution in [0, 0.1) is 149 Å². The second-order valence-corrected chi connectivity index (χ2v) is 46.7. The molecule has 0 spiro atoms. The second-order valence-electron chi connectivity index (χ2n) is 46.7. The Kier molecular flexibility index (Phi) is 37.3. The molecule has 5 heteroatoms. The highest BCUT2D eigenvalue weighted by Gasteiger charge is 2.33. The molecule has 0 amide bonds. The molecule has 0 fully saturated rings. The summed E-state index contributed by atoms with van der Waals surface area (Å²) in [4.78, 5) is 0. The summed E-state index contributed by atoms with van der Waals surface area (Å²) in [6, 6.07) is 77.6. The minimum absolute atomic E-state index is 0.528. The summed E-state index contributed by atoms with van der Waals surface area (Å²) in [7, 11) is 11.0. The van der Waals surface area contributed by atoms with E-state index in [1.54, 1.807) is 0 Å². The molecule has 142 heavy (non-hydrogen) atoms. The Morgan fingerprint density at radius 1 is 0.197 bits per heavy atom. The normalized spacial score (nSPS) is 12.0. The maximum atomic E-state index is 2.45. The van der Waals surface area contributed by atoms with E-state index in [0.29, 0.717) is 94.7 Å². The van der Waals surface area contributed by atoms with E-state index in [0.717, 1.165) is 19.3 Å². The number of benzene rings is 10. The summed E-state index contributed by atoms with van der Waals surface area (Å²) in [6.45, 7) is 87.1. The van der Waals surface area contributed by atoms with E-state index in [4.69, 9.17) is 0 Å². The molecule has 10 aromatic carbocycles. The van der Waals surface area contributed by atoms with Gasteiger partial charge in [0.1, 0.15) is 35.2 Å². The largest absolute Gasteiger partial charge is 0.220 e. The molecule has 15 rings (SSSR count). The fourth-order valence-corrected chi connectivity index (χ4v) is 24.7. The Balaban J connectivity index is 0.000000170. The molecule has 0 atom stereocenters. The summed E-state index contributed by atoms with van der Waals surface area (Å²) < 4.78 is 11.8. The quantitative estimate of drug-likeness (QED) is 0.0537. The third kappa shape index (κ3) is 24.4. The van der Waals surface area contributed by atoms with Crippen molar-refractivity contribution in [2.75, 3.05) is 0 Å². The summed E-state index contributed by atoms with van der Waals surface area (Å²) in [6.07, 6.45) is 3.21. The van der Waals surface area contributed by atoms with E-state index in [1.807, 2.05) is 0 Å². The Morgan fingerprint density at radius 3 is 0.725 bits per heavy atom. The molecule has 0 unspecified atom stereocenters. The van der Waals surface area contributed by atoms with Crippen LogP contribution < -0.4 is 22.8 Å². The number of hydrogen-bond donors (Lipinski definition) is 0. The van der Waals surface area contributed by atoms with Gasteiger partial charge in [0, 0.05) is 81.6 Å². The van der Waals surface area contributed by atoms with Crippen molar-refractivity contribution >= 4 is 53.9 Å². The fraction of sp³-hybridized carbons (Fsp3) is 0.453. The first kappa shape index (κ1) is 112. The van der Waals surface area contributed by atoms with Crippen LogP contribution in [0.3, 0.4) is 0 Å². The number of pyridine rings is 5. The van der Waals surface area contributed by atoms with Crippen molar-refractivity contribution in [2.24, 2.45) is 94.4 Å². The second kappa shape index (κ2) is 47.4. The minimum atomic E-state index is 0.528. The van der Waals surface area contributed by atoms with E-state index in [-0.39, 0.29) is 0 Å². The molecule has 0 saturated carbocycles. The van der Waals surface area contributed by atoms with Gasteiger partial charge in [0.15, 0.2) is 28.5 Å². The lowest BCUT2D eigenvalue weighted by Gasteiger charge is -2.26. The fourth-order valence-electron chi connectivity index (χ4n) is 24.7. The van der Waals surface area contributed by atoms with Crippen molar-refractivity contribution in [1.29, 1.82) is 0 Å². The number of hydrogen-bond acceptors (Lipinski definition) is 0. The van der Waals surface area contributed by atoms with Crippen LogP contribution in [0.2, 0.25) is 0 Å². The third-order valence-electron chi connectivity index (χ3n) is 32.4. The Bertz CT molecular complexity index is 6980. The summed E-state index contributed by atoms with van der Waals surface area (Å²) in [5.41, 5.74) is 43.8. The van der Waals surface area contributed by atoms with Crippen LogP contribution in [-0.4, -0.2) is 0 Å². The van der Waals surface area contributed by atoms with Crippen molar-refractivity contribution in [2.45, 2.75) is 318 Å². The van der Waals surface area contributed by atoms with Crippen LogP contribution in [0.4, 0.5) is 0 Å². The Hall–Kier alpha value is -10.8. The Morgan fingerprint density at radius 2 is 0.444 bits per heavy atom. The van der Waals surface area contributed by atoms with Gasteiger partial charge in [-0.2, -0.15) is 22.8 Å². The number of rotatable bonds is 24. The predicted molar refractivity (Wildman–Crippen MR) is 619 cm³/mol. The zero-order valence-corrected chi connectivity index (χ0v) is 96.6. The molecule has 0 saturated heterocycles. The van der Waals surface area contributed by atoms with Crippen molar-refractivity contribution < 1.29 is 22.8 Å². The summed E-state index contributed by atoms with van der Waals surface area (Å²) >= 11 is 0. The van der Waals surface area contributed by atoms with Gasteiger partial charge in [-0.3, -0.25) is 0 Å². The van der Waals surface area contributed by atoms with Crippen molar-refractivity contribution in [1.82, 2.24) is 0 Å². The molecular weight excluding hydrogens is 1720 g/mol. The van der Waals surface area contributed by atoms with E-state index in [9.17, 15) is 0 Å². The van der Waals surface area contributed by atoms with Gasteiger partial charge in [0.2, 0.25) is 28.5 Å². The zero-order chi connectivity index (χ0) is 105. The summed E-state index contributed by atoms with van der Waals surface area (Å²) in [5.74, 6) is 9.86. The molecule has 5 heterocycles. The van der Waals surface area contributed by atoms with Crippen LogP contribution >= 0.6 is 0 Å². The molecular formula is C137H184N5+5. The molecule has 5 aromatic heterocycles. The molecule has 0 radical (unpaired) electrons. The highest BCUT2D eigenvalue weighted by atomic mass is 15.0. The van der Waals surface area contributed by atoms with E-state index < -0.39 is 0 Å². The minimum Gasteiger partial charge on any atom is -0.198 e. The van der Waals surface area contributed by atoms with Crippen molar-refractivity contribution in [3.8, 4) is 56.3 Å². The molecule has 0 aliphatic carbocycles. The average Bonchev–Trinajstić information content (AvgIpc) is 0.771. The van der Waals surface area contributed by atoms with Gasteiger partial charge >= 0.3 is 0 Å². The van der Waals surface area contributed by atoms with Crippen molar-refractivity contribution in [3.63, 3.8) is 0 Å². The van der Waals surface area contributed by atoms with Gasteiger partial charge in [-0.15, -0.1) is 0 Å². The lowest BCUT2D eigenvalue weighted by atomic mass is 9.79. The number of fused-ring (bicyclic) bond motifs is 5. The van der Waals surface area contributed by atoms with E-state index in [1.165, 1.54) is 233 Å². The topological polar surface area (TPSA) is 19.4 Å². The van der Waals surface area contributed by atoms with E-state index in [2.05, 4.69) is 521 Å². The van der Waals surface area contributed by atoms with Crippen LogP contribution in [0.5, 0.6) is 0 Å². The molecule has 0 N–H and O–H groups in total. The molecule has 0 aliphatic heterocycles. The van der Waals surface area contributed by atoms with Gasteiger partial charge in [-0.05, 0) is 340 Å². The van der Waals surface area contributed by atoms with E-state index >= 15 is 0 Å². The van der Waals surface area contributed by atoms with Crippen LogP contribution in [0.25, 0.3) is 110 Å². The van der Waals surface area contributed by atoms with Crippen LogP contribution in [0.1, 0.15) is 332 Å². The maximum Gasteiger partial charge on any atom is 0.220 e. The Labute approximate surface area is 862 Å². The van der Waals surface area contributed by atoms with Crippen molar-refractivity contribution in [3.05, 3.63) is 323 Å². The van der Waals surface area contributed by atoms with Gasteiger partial charge in [0.25, 0.3) is 0 Å². The predicted octanol–water partition coefficient (Wildman–Crippen LogP) is 35.5. The number of aromatic nitrogens is 5. The molecule has 5 nitrogen and oxygen atoms in total. The first-order valence-corrected chi connectivity index (χ1v) is 54.5. The average molecular weight is 1900 g/mol. The monoisotopic (exact) mass is 1900 g/mol. The van der Waals surface area contributed by atoms with Gasteiger partial charge < -0.3 is 0 Å². The molecule has 752 valence electrons. The summed E-state index contributed by atoms with van der Waals surface area (Å²) in [5, 5.41) is 13.5. The lowest BCUT2D eigenvalue weighted by Crippen LogP contribution is -2.35. The first-order valence-electron chi connectivity index (χ1n) is 54.5. The zero-order valence-electron chi connectivity index (χ0n) is 96.6. The maximum absolute atomic E-state index is 2.45. The number of aryl methyl sites for hydroxylation is 14. The lowest BCUT2D eigenvalue weighted by molar-refractivity contribution is -0.665. The van der Waals surface area contributed by atoms with Gasteiger partial charge in [-0.25, -0.2) is 0 Å². The van der Waals surface area contributed by atoms with Crippen LogP contribution in [0.15, 0.2) is 200 Å². The van der Waals surface area contributed by atoms with Gasteiger partial charge in [0.05, 0.1) is 38.1 Å². The smallest absolute Gasteiger partial charge is 0.198 e. The SMILES string of the molecule is CCc1cc(CC)c(C)c(-c2c3ccc(C(C(C)C)C(C)C)cc3cc(C)[n+]2C)c1.CCc1ccc(C)c(-c2c3ccc(C(C(C)C)C(C)C)cc3cc(C)[n+]2C)c1.Cc1cc(C)c(C)c(-c2c3ccc(C(C(C)C)C(C)C)cc3cc(C)[n+]2C)c1.Cc1ccc(C(C)C)cc1-c1c2ccc(C(C(C)C)C(C)C)cc2cc(C)[n+]1C.Cc1ccc(C)c(-c2c3ccc(C(C(C)C)C(C)C)cc3cc(C)[n+]2C)c1. The van der Waals surface area contributed by atoms with Gasteiger partial charge in [-0.1, -0.05) is 293 Å². The number of nitrogens with zero attached hydrogens (tertiary/aromatic N) is 5. The highest BCUT2D eigenvalue weighted by Crippen LogP contribution is 2.45. The van der Waals surface area contributed by atoms with Crippen LogP contribution in [-0.2, 0) is 54.5 Å². The molecule has 0 bridgehead atoms. The highest BCUT2D eigenvalue weighted by molar-refractivity contribution is 5.99.